The quantitative estimate of drug-likeness (QED) is 0.234. The van der Waals surface area contributed by atoms with Gasteiger partial charge in [-0.1, -0.05) is 82.3 Å². The number of nitrogens with zero attached hydrogens (tertiary/aromatic N) is 1. The van der Waals surface area contributed by atoms with Gasteiger partial charge in [-0.15, -0.1) is 11.3 Å². The van der Waals surface area contributed by atoms with Gasteiger partial charge in [0.15, 0.2) is 4.34 Å². The molecule has 0 saturated carbocycles. The van der Waals surface area contributed by atoms with Crippen molar-refractivity contribution in [3.05, 3.63) is 101 Å². The molecule has 0 radical (unpaired) electrons. The molecular weight excluding hydrogens is 500 g/mol. The van der Waals surface area contributed by atoms with Crippen LogP contribution >= 0.6 is 39.0 Å². The standard InChI is InChI=1S/C26H19BrN2OS2/c27-20-10-8-17(9-11-20)16-31-26-29-23-13-12-21(15-24(23)32-26)28-25(30)14-19-6-3-5-18-4-1-2-7-22(18)19/h1-13,15H,14,16H2,(H,28,30). The van der Waals surface area contributed by atoms with Crippen LogP contribution in [0.2, 0.25) is 0 Å². The fraction of sp³-hybridized carbons (Fsp3) is 0.0769. The van der Waals surface area contributed by atoms with Crippen molar-refractivity contribution in [2.75, 3.05) is 5.32 Å². The second-order valence-corrected chi connectivity index (χ2v) is 10.6. The summed E-state index contributed by atoms with van der Waals surface area (Å²) in [5.74, 6) is 0.858. The molecular formula is C26H19BrN2OS2. The highest BCUT2D eigenvalue weighted by molar-refractivity contribution is 9.10. The zero-order valence-corrected chi connectivity index (χ0v) is 20.3. The van der Waals surface area contributed by atoms with Crippen molar-refractivity contribution in [2.45, 2.75) is 16.5 Å². The summed E-state index contributed by atoms with van der Waals surface area (Å²) in [6.07, 6.45) is 0.344. The third-order valence-electron chi connectivity index (χ3n) is 5.16. The van der Waals surface area contributed by atoms with E-state index >= 15 is 0 Å². The lowest BCUT2D eigenvalue weighted by Crippen LogP contribution is -2.14. The van der Waals surface area contributed by atoms with Crippen LogP contribution < -0.4 is 5.32 Å². The van der Waals surface area contributed by atoms with E-state index in [1.165, 1.54) is 5.56 Å². The number of benzene rings is 4. The van der Waals surface area contributed by atoms with Gasteiger partial charge in [-0.3, -0.25) is 4.79 Å². The minimum absolute atomic E-state index is 0.0185. The Morgan fingerprint density at radius 3 is 2.66 bits per heavy atom. The number of anilines is 1. The van der Waals surface area contributed by atoms with Crippen LogP contribution in [0.5, 0.6) is 0 Å². The van der Waals surface area contributed by atoms with E-state index in [1.807, 2.05) is 42.5 Å². The molecule has 1 heterocycles. The fourth-order valence-electron chi connectivity index (χ4n) is 3.59. The fourth-order valence-corrected chi connectivity index (χ4v) is 5.92. The van der Waals surface area contributed by atoms with Crippen LogP contribution in [0.4, 0.5) is 5.69 Å². The molecule has 0 saturated heterocycles. The second-order valence-electron chi connectivity index (χ2n) is 7.44. The molecule has 1 aromatic heterocycles. The highest BCUT2D eigenvalue weighted by Crippen LogP contribution is 2.33. The lowest BCUT2D eigenvalue weighted by atomic mass is 10.0. The topological polar surface area (TPSA) is 42.0 Å². The van der Waals surface area contributed by atoms with Gasteiger partial charge in [0, 0.05) is 15.9 Å². The monoisotopic (exact) mass is 518 g/mol. The smallest absolute Gasteiger partial charge is 0.228 e. The Balaban J connectivity index is 1.27. The van der Waals surface area contributed by atoms with Crippen molar-refractivity contribution < 1.29 is 4.79 Å². The first-order valence-electron chi connectivity index (χ1n) is 10.2. The maximum Gasteiger partial charge on any atom is 0.228 e. The van der Waals surface area contributed by atoms with Crippen molar-refractivity contribution in [2.24, 2.45) is 0 Å². The molecule has 5 rings (SSSR count). The number of halogens is 1. The van der Waals surface area contributed by atoms with Gasteiger partial charge in [0.1, 0.15) is 0 Å². The molecule has 0 atom stereocenters. The highest BCUT2D eigenvalue weighted by atomic mass is 79.9. The largest absolute Gasteiger partial charge is 0.326 e. The molecule has 0 aliphatic heterocycles. The summed E-state index contributed by atoms with van der Waals surface area (Å²) in [5, 5.41) is 5.32. The molecule has 0 spiro atoms. The number of hydrogen-bond acceptors (Lipinski definition) is 4. The summed E-state index contributed by atoms with van der Waals surface area (Å²) in [6, 6.07) is 28.5. The van der Waals surface area contributed by atoms with Gasteiger partial charge < -0.3 is 5.32 Å². The molecule has 4 aromatic carbocycles. The molecule has 0 aliphatic carbocycles. The number of carbonyl (C=O) groups excluding carboxylic acids is 1. The van der Waals surface area contributed by atoms with Gasteiger partial charge in [-0.05, 0) is 52.2 Å². The minimum atomic E-state index is -0.0185. The summed E-state index contributed by atoms with van der Waals surface area (Å²) in [6.45, 7) is 0. The summed E-state index contributed by atoms with van der Waals surface area (Å²) in [7, 11) is 0. The predicted octanol–water partition coefficient (Wildman–Crippen LogP) is 7.69. The molecule has 158 valence electrons. The summed E-state index contributed by atoms with van der Waals surface area (Å²) in [4.78, 5) is 17.4. The Bertz CT molecular complexity index is 1410. The van der Waals surface area contributed by atoms with Gasteiger partial charge in [0.25, 0.3) is 0 Å². The number of hydrogen-bond donors (Lipinski definition) is 1. The Kier molecular flexibility index (Phi) is 6.26. The first-order chi connectivity index (χ1) is 15.6. The first-order valence-corrected chi connectivity index (χ1v) is 12.8. The number of thioether (sulfide) groups is 1. The molecule has 6 heteroatoms. The maximum absolute atomic E-state index is 12.7. The zero-order valence-electron chi connectivity index (χ0n) is 17.0. The highest BCUT2D eigenvalue weighted by Gasteiger charge is 2.10. The first kappa shape index (κ1) is 21.2. The van der Waals surface area contributed by atoms with Crippen LogP contribution in [0.15, 0.2) is 93.7 Å². The molecule has 0 bridgehead atoms. The Morgan fingerprint density at radius 2 is 1.78 bits per heavy atom. The number of thiazole rings is 1. The summed E-state index contributed by atoms with van der Waals surface area (Å²) < 4.78 is 3.19. The number of aromatic nitrogens is 1. The van der Waals surface area contributed by atoms with E-state index in [4.69, 9.17) is 4.98 Å². The van der Waals surface area contributed by atoms with Crippen LogP contribution in [0.3, 0.4) is 0 Å². The van der Waals surface area contributed by atoms with E-state index in [-0.39, 0.29) is 5.91 Å². The normalized spacial score (nSPS) is 11.2. The lowest BCUT2D eigenvalue weighted by Gasteiger charge is -2.08. The molecule has 0 aliphatic rings. The second kappa shape index (κ2) is 9.45. The van der Waals surface area contributed by atoms with Crippen molar-refractivity contribution in [1.82, 2.24) is 4.98 Å². The number of carbonyl (C=O) groups is 1. The van der Waals surface area contributed by atoms with E-state index in [1.54, 1.807) is 23.1 Å². The van der Waals surface area contributed by atoms with Crippen molar-refractivity contribution in [3.63, 3.8) is 0 Å². The van der Waals surface area contributed by atoms with Gasteiger partial charge in [0.2, 0.25) is 5.91 Å². The molecule has 3 nitrogen and oxygen atoms in total. The van der Waals surface area contributed by atoms with Crippen molar-refractivity contribution >= 4 is 71.6 Å². The van der Waals surface area contributed by atoms with Gasteiger partial charge in [0.05, 0.1) is 16.6 Å². The minimum Gasteiger partial charge on any atom is -0.326 e. The number of amides is 1. The molecule has 1 N–H and O–H groups in total. The molecule has 5 aromatic rings. The molecule has 0 unspecified atom stereocenters. The average Bonchev–Trinajstić information content (AvgIpc) is 3.21. The van der Waals surface area contributed by atoms with Crippen LogP contribution in [0.25, 0.3) is 21.0 Å². The third kappa shape index (κ3) is 4.88. The molecule has 32 heavy (non-hydrogen) atoms. The van der Waals surface area contributed by atoms with Crippen molar-refractivity contribution in [3.8, 4) is 0 Å². The number of rotatable bonds is 6. The molecule has 1 amide bonds. The van der Waals surface area contributed by atoms with E-state index in [9.17, 15) is 4.79 Å². The average molecular weight is 519 g/mol. The number of fused-ring (bicyclic) bond motifs is 2. The summed E-state index contributed by atoms with van der Waals surface area (Å²) >= 11 is 6.86. The number of nitrogens with one attached hydrogen (secondary N) is 1. The van der Waals surface area contributed by atoms with E-state index in [2.05, 4.69) is 63.7 Å². The molecule has 0 fully saturated rings. The third-order valence-corrected chi connectivity index (χ3v) is 7.92. The lowest BCUT2D eigenvalue weighted by molar-refractivity contribution is -0.115. The predicted molar refractivity (Wildman–Crippen MR) is 140 cm³/mol. The van der Waals surface area contributed by atoms with Gasteiger partial charge in [-0.2, -0.15) is 0 Å². The van der Waals surface area contributed by atoms with Crippen molar-refractivity contribution in [1.29, 1.82) is 0 Å². The van der Waals surface area contributed by atoms with E-state index < -0.39 is 0 Å². The van der Waals surface area contributed by atoms with Gasteiger partial charge in [-0.25, -0.2) is 4.98 Å². The van der Waals surface area contributed by atoms with Crippen LogP contribution in [0, 0.1) is 0 Å². The van der Waals surface area contributed by atoms with Crippen LogP contribution in [-0.4, -0.2) is 10.9 Å². The van der Waals surface area contributed by atoms with Crippen LogP contribution in [0.1, 0.15) is 11.1 Å². The van der Waals surface area contributed by atoms with Gasteiger partial charge >= 0.3 is 0 Å². The SMILES string of the molecule is O=C(Cc1cccc2ccccc12)Nc1ccc2nc(SCc3ccc(Br)cc3)sc2c1. The summed E-state index contributed by atoms with van der Waals surface area (Å²) in [5.41, 5.74) is 4.06. The van der Waals surface area contributed by atoms with E-state index in [0.29, 0.717) is 6.42 Å². The zero-order chi connectivity index (χ0) is 21.9. The Hall–Kier alpha value is -2.67. The van der Waals surface area contributed by atoms with E-state index in [0.717, 1.165) is 46.8 Å². The van der Waals surface area contributed by atoms with Crippen LogP contribution in [-0.2, 0) is 17.0 Å². The maximum atomic E-state index is 12.7. The Morgan fingerprint density at radius 1 is 0.969 bits per heavy atom. The Labute approximate surface area is 203 Å².